The number of methoxy groups -OCH3 is 1. The molecular weight excluding hydrogens is 286 g/mol. The van der Waals surface area contributed by atoms with Crippen molar-refractivity contribution in [2.24, 2.45) is 28.6 Å². The quantitative estimate of drug-likeness (QED) is 0.755. The topological polar surface area (TPSA) is 48.2 Å². The molecular formula is C20H31NO2. The average Bonchev–Trinajstić information content (AvgIpc) is 3.15. The zero-order chi connectivity index (χ0) is 16.0. The van der Waals surface area contributed by atoms with E-state index in [2.05, 4.69) is 19.2 Å². The van der Waals surface area contributed by atoms with Gasteiger partial charge in [0.05, 0.1) is 6.10 Å². The van der Waals surface area contributed by atoms with Gasteiger partial charge in [-0.25, -0.2) is 0 Å². The van der Waals surface area contributed by atoms with Gasteiger partial charge in [0, 0.05) is 30.5 Å². The molecule has 3 heteroatoms. The molecule has 5 rings (SSSR count). The van der Waals surface area contributed by atoms with Crippen molar-refractivity contribution < 1.29 is 9.53 Å². The number of ether oxygens (including phenoxy) is 1. The molecule has 3 nitrogen and oxygen atoms in total. The molecule has 1 N–H and O–H groups in total. The molecule has 1 spiro atoms. The number of hydrogen-bond donors (Lipinski definition) is 1. The van der Waals surface area contributed by atoms with Crippen molar-refractivity contribution in [3.63, 3.8) is 0 Å². The summed E-state index contributed by atoms with van der Waals surface area (Å²) in [5.41, 5.74) is 0.780. The lowest BCUT2D eigenvalue weighted by molar-refractivity contribution is -0.137. The van der Waals surface area contributed by atoms with Gasteiger partial charge in [-0.3, -0.25) is 4.79 Å². The first-order valence-electron chi connectivity index (χ1n) is 9.78. The predicted octanol–water partition coefficient (Wildman–Crippen LogP) is 3.32. The lowest BCUT2D eigenvalue weighted by Gasteiger charge is -2.59. The van der Waals surface area contributed by atoms with Gasteiger partial charge < -0.3 is 10.1 Å². The molecule has 4 saturated carbocycles. The first-order chi connectivity index (χ1) is 10.9. The van der Waals surface area contributed by atoms with Crippen LogP contribution in [0.2, 0.25) is 0 Å². The molecule has 0 amide bonds. The highest BCUT2D eigenvalue weighted by atomic mass is 16.5. The molecule has 1 aliphatic heterocycles. The van der Waals surface area contributed by atoms with E-state index in [1.54, 1.807) is 0 Å². The van der Waals surface area contributed by atoms with Crippen LogP contribution >= 0.6 is 0 Å². The summed E-state index contributed by atoms with van der Waals surface area (Å²) in [7, 11) is 1.88. The van der Waals surface area contributed by atoms with E-state index in [1.807, 2.05) is 7.11 Å². The fourth-order valence-electron chi connectivity index (χ4n) is 7.84. The molecule has 1 heterocycles. The summed E-state index contributed by atoms with van der Waals surface area (Å²) >= 11 is 0. The lowest BCUT2D eigenvalue weighted by Crippen LogP contribution is -2.59. The van der Waals surface area contributed by atoms with Gasteiger partial charge in [-0.2, -0.15) is 0 Å². The van der Waals surface area contributed by atoms with Gasteiger partial charge in [-0.1, -0.05) is 13.8 Å². The van der Waals surface area contributed by atoms with Crippen molar-refractivity contribution in [2.75, 3.05) is 7.11 Å². The highest BCUT2D eigenvalue weighted by Gasteiger charge is 2.74. The smallest absolute Gasteiger partial charge is 0.139 e. The maximum atomic E-state index is 12.5. The van der Waals surface area contributed by atoms with Gasteiger partial charge in [0.1, 0.15) is 5.78 Å². The van der Waals surface area contributed by atoms with Gasteiger partial charge in [0.25, 0.3) is 0 Å². The second-order valence-electron chi connectivity index (χ2n) is 9.72. The molecule has 8 atom stereocenters. The Morgan fingerprint density at radius 2 is 1.96 bits per heavy atom. The summed E-state index contributed by atoms with van der Waals surface area (Å²) in [6.07, 6.45) is 9.89. The van der Waals surface area contributed by atoms with Crippen molar-refractivity contribution in [1.29, 1.82) is 0 Å². The summed E-state index contributed by atoms with van der Waals surface area (Å²) in [4.78, 5) is 12.5. The van der Waals surface area contributed by atoms with E-state index in [9.17, 15) is 4.79 Å². The Morgan fingerprint density at radius 3 is 2.74 bits per heavy atom. The van der Waals surface area contributed by atoms with Crippen molar-refractivity contribution in [1.82, 2.24) is 5.32 Å². The van der Waals surface area contributed by atoms with Gasteiger partial charge in [-0.05, 0) is 68.1 Å². The van der Waals surface area contributed by atoms with E-state index in [1.165, 1.54) is 32.1 Å². The van der Waals surface area contributed by atoms with E-state index in [4.69, 9.17) is 4.74 Å². The Hall–Kier alpha value is -0.410. The van der Waals surface area contributed by atoms with Crippen molar-refractivity contribution in [3.05, 3.63) is 0 Å². The molecule has 0 aromatic carbocycles. The largest absolute Gasteiger partial charge is 0.381 e. The van der Waals surface area contributed by atoms with Crippen LogP contribution in [0.4, 0.5) is 0 Å². The highest BCUT2D eigenvalue weighted by Crippen LogP contribution is 2.70. The number of carbonyl (C=O) groups is 1. The third kappa shape index (κ3) is 1.62. The van der Waals surface area contributed by atoms with Gasteiger partial charge in [0.15, 0.2) is 0 Å². The second kappa shape index (κ2) is 4.40. The van der Waals surface area contributed by atoms with Crippen LogP contribution in [-0.4, -0.2) is 30.6 Å². The maximum absolute atomic E-state index is 12.5. The number of hydrogen-bond acceptors (Lipinski definition) is 3. The van der Waals surface area contributed by atoms with Gasteiger partial charge >= 0.3 is 0 Å². The predicted molar refractivity (Wildman–Crippen MR) is 89.1 cm³/mol. The molecule has 0 bridgehead atoms. The van der Waals surface area contributed by atoms with Crippen molar-refractivity contribution in [3.8, 4) is 0 Å². The molecule has 0 aromatic heterocycles. The summed E-state index contributed by atoms with van der Waals surface area (Å²) in [5, 5.41) is 3.95. The summed E-state index contributed by atoms with van der Waals surface area (Å²) in [6, 6.07) is 0.685. The fraction of sp³-hybridized carbons (Fsp3) is 0.950. The van der Waals surface area contributed by atoms with E-state index < -0.39 is 0 Å². The molecule has 0 aromatic rings. The normalized spacial score (nSPS) is 60.5. The van der Waals surface area contributed by atoms with E-state index >= 15 is 0 Å². The minimum absolute atomic E-state index is 0.0101. The van der Waals surface area contributed by atoms with Crippen LogP contribution in [0.25, 0.3) is 0 Å². The third-order valence-corrected chi connectivity index (χ3v) is 9.30. The Balaban J connectivity index is 1.50. The zero-order valence-electron chi connectivity index (χ0n) is 14.9. The fourth-order valence-corrected chi connectivity index (χ4v) is 7.84. The standard InChI is InChI=1S/C20H31NO2/c1-18-8-7-15-13(14(18)4-5-17(18)22)10-16-20(21-16)11-12(23-3)6-9-19(15,20)2/h12-16,21H,4-11H2,1-3H3/t12-,13?,14-,15-,16?,18-,19+,20?/m0/s1. The SMILES string of the molecule is CO[C@H]1CC[C@]2(C)[C@H]3CC[C@]4(C)C(=O)CC[C@H]4C3CC3NC32C1. The minimum atomic E-state index is 0.0101. The highest BCUT2D eigenvalue weighted by molar-refractivity contribution is 5.87. The molecule has 3 unspecified atom stereocenters. The van der Waals surface area contributed by atoms with Crippen LogP contribution < -0.4 is 5.32 Å². The minimum Gasteiger partial charge on any atom is -0.381 e. The number of carbonyl (C=O) groups excluding carboxylic acids is 1. The average molecular weight is 317 g/mol. The van der Waals surface area contributed by atoms with Gasteiger partial charge in [0.2, 0.25) is 0 Å². The summed E-state index contributed by atoms with van der Waals surface area (Å²) in [6.45, 7) is 4.86. The number of rotatable bonds is 1. The Labute approximate surface area is 139 Å². The maximum Gasteiger partial charge on any atom is 0.139 e. The van der Waals surface area contributed by atoms with E-state index in [-0.39, 0.29) is 5.41 Å². The number of fused-ring (bicyclic) bond motifs is 4. The molecule has 5 aliphatic rings. The van der Waals surface area contributed by atoms with Crippen LogP contribution in [0.5, 0.6) is 0 Å². The van der Waals surface area contributed by atoms with Crippen LogP contribution in [0.3, 0.4) is 0 Å². The first-order valence-corrected chi connectivity index (χ1v) is 9.78. The number of nitrogens with one attached hydrogen (secondary N) is 1. The molecule has 128 valence electrons. The first kappa shape index (κ1) is 14.9. The van der Waals surface area contributed by atoms with Crippen molar-refractivity contribution >= 4 is 5.78 Å². The molecule has 0 radical (unpaired) electrons. The van der Waals surface area contributed by atoms with Crippen molar-refractivity contribution in [2.45, 2.75) is 82.9 Å². The van der Waals surface area contributed by atoms with Gasteiger partial charge in [-0.15, -0.1) is 0 Å². The number of ketones is 1. The van der Waals surface area contributed by atoms with Crippen LogP contribution in [0, 0.1) is 28.6 Å². The molecule has 5 fully saturated rings. The number of Topliss-reactive ketones (excluding diaryl/α,β-unsaturated/α-hetero) is 1. The molecule has 1 saturated heterocycles. The van der Waals surface area contributed by atoms with Crippen LogP contribution in [0.1, 0.15) is 65.2 Å². The van der Waals surface area contributed by atoms with E-state index in [0.717, 1.165) is 31.1 Å². The Bertz CT molecular complexity index is 562. The molecule has 4 aliphatic carbocycles. The Morgan fingerprint density at radius 1 is 1.13 bits per heavy atom. The zero-order valence-corrected chi connectivity index (χ0v) is 14.9. The van der Waals surface area contributed by atoms with E-state index in [0.29, 0.717) is 34.8 Å². The second-order valence-corrected chi connectivity index (χ2v) is 9.72. The van der Waals surface area contributed by atoms with Crippen LogP contribution in [-0.2, 0) is 9.53 Å². The Kier molecular flexibility index (Phi) is 2.85. The monoisotopic (exact) mass is 317 g/mol. The summed E-state index contributed by atoms with van der Waals surface area (Å²) in [5.74, 6) is 2.81. The molecule has 23 heavy (non-hydrogen) atoms. The third-order valence-electron chi connectivity index (χ3n) is 9.30. The summed E-state index contributed by atoms with van der Waals surface area (Å²) < 4.78 is 5.73. The lowest BCUT2D eigenvalue weighted by atomic mass is 9.45. The van der Waals surface area contributed by atoms with Crippen LogP contribution in [0.15, 0.2) is 0 Å².